The number of rotatable bonds is 3. The van der Waals surface area contributed by atoms with Crippen molar-refractivity contribution in [3.05, 3.63) is 0 Å². The Hall–Kier alpha value is 0.200. The summed E-state index contributed by atoms with van der Waals surface area (Å²) >= 11 is 6.08. The van der Waals surface area contributed by atoms with E-state index in [9.17, 15) is 8.42 Å². The minimum absolute atomic E-state index is 0.104. The molecule has 0 aromatic heterocycles. The molecule has 1 aliphatic carbocycles. The van der Waals surface area contributed by atoms with Gasteiger partial charge in [0.25, 0.3) is 0 Å². The molecule has 0 radical (unpaired) electrons. The Bertz CT molecular complexity index is 342. The second kappa shape index (κ2) is 5.45. The van der Waals surface area contributed by atoms with Crippen LogP contribution in [0.1, 0.15) is 45.4 Å². The predicted molar refractivity (Wildman–Crippen MR) is 70.8 cm³/mol. The summed E-state index contributed by atoms with van der Waals surface area (Å²) in [4.78, 5) is 0. The predicted octanol–water partition coefficient (Wildman–Crippen LogP) is 2.60. The summed E-state index contributed by atoms with van der Waals surface area (Å²) in [7, 11) is -3.02. The van der Waals surface area contributed by atoms with Gasteiger partial charge in [-0.15, -0.1) is 11.6 Å². The van der Waals surface area contributed by atoms with E-state index in [2.05, 4.69) is 0 Å². The molecule has 0 N–H and O–H groups in total. The first-order chi connectivity index (χ1) is 8.01. The van der Waals surface area contributed by atoms with Crippen LogP contribution in [0.2, 0.25) is 0 Å². The first-order valence-electron chi connectivity index (χ1n) is 6.65. The Labute approximate surface area is 110 Å². The SMILES string of the molecule is CC(Cl)C1CCN(S(=O)(=O)C2CCCC2)CC1. The first kappa shape index (κ1) is 13.6. The molecule has 0 spiro atoms. The van der Waals surface area contributed by atoms with Crippen molar-refractivity contribution >= 4 is 21.6 Å². The van der Waals surface area contributed by atoms with Crippen molar-refractivity contribution in [2.45, 2.75) is 56.1 Å². The van der Waals surface area contributed by atoms with Crippen molar-refractivity contribution in [2.75, 3.05) is 13.1 Å². The minimum atomic E-state index is -3.02. The monoisotopic (exact) mass is 279 g/mol. The fourth-order valence-electron chi connectivity index (χ4n) is 2.99. The molecule has 1 unspecified atom stereocenters. The van der Waals surface area contributed by atoms with E-state index in [4.69, 9.17) is 11.6 Å². The summed E-state index contributed by atoms with van der Waals surface area (Å²) in [6.07, 6.45) is 5.67. The van der Waals surface area contributed by atoms with Gasteiger partial charge in [0, 0.05) is 18.5 Å². The van der Waals surface area contributed by atoms with E-state index < -0.39 is 10.0 Å². The van der Waals surface area contributed by atoms with Gasteiger partial charge in [0.15, 0.2) is 0 Å². The van der Waals surface area contributed by atoms with Crippen LogP contribution in [0.25, 0.3) is 0 Å². The largest absolute Gasteiger partial charge is 0.216 e. The standard InChI is InChI=1S/C12H22ClNO2S/c1-10(13)11-6-8-14(9-7-11)17(15,16)12-4-2-3-5-12/h10-12H,2-9H2,1H3. The van der Waals surface area contributed by atoms with Crippen LogP contribution in [-0.4, -0.2) is 36.4 Å². The zero-order chi connectivity index (χ0) is 12.5. The molecule has 0 aromatic carbocycles. The zero-order valence-electron chi connectivity index (χ0n) is 10.4. The lowest BCUT2D eigenvalue weighted by molar-refractivity contribution is 0.269. The lowest BCUT2D eigenvalue weighted by Gasteiger charge is -2.33. The topological polar surface area (TPSA) is 37.4 Å². The van der Waals surface area contributed by atoms with Crippen LogP contribution in [0.5, 0.6) is 0 Å². The van der Waals surface area contributed by atoms with Gasteiger partial charge in [-0.3, -0.25) is 0 Å². The number of sulfonamides is 1. The fraction of sp³-hybridized carbons (Fsp3) is 1.00. The Morgan fingerprint density at radius 1 is 1.12 bits per heavy atom. The normalized spacial score (nSPS) is 27.4. The molecule has 1 atom stereocenters. The van der Waals surface area contributed by atoms with Crippen LogP contribution in [-0.2, 0) is 10.0 Å². The van der Waals surface area contributed by atoms with Gasteiger partial charge < -0.3 is 0 Å². The van der Waals surface area contributed by atoms with Crippen molar-refractivity contribution in [2.24, 2.45) is 5.92 Å². The van der Waals surface area contributed by atoms with Crippen LogP contribution in [0.4, 0.5) is 0 Å². The number of alkyl halides is 1. The zero-order valence-corrected chi connectivity index (χ0v) is 12.0. The molecule has 1 aliphatic heterocycles. The summed E-state index contributed by atoms with van der Waals surface area (Å²) < 4.78 is 26.4. The van der Waals surface area contributed by atoms with E-state index in [1.165, 1.54) is 0 Å². The lowest BCUT2D eigenvalue weighted by atomic mass is 9.95. The second-order valence-corrected chi connectivity index (χ2v) is 8.27. The summed E-state index contributed by atoms with van der Waals surface area (Å²) in [6, 6.07) is 0. The number of nitrogens with zero attached hydrogens (tertiary/aromatic N) is 1. The quantitative estimate of drug-likeness (QED) is 0.745. The van der Waals surface area contributed by atoms with Crippen molar-refractivity contribution in [1.29, 1.82) is 0 Å². The third kappa shape index (κ3) is 2.96. The third-order valence-electron chi connectivity index (χ3n) is 4.23. The van der Waals surface area contributed by atoms with E-state index in [-0.39, 0.29) is 10.6 Å². The molecule has 2 aliphatic rings. The molecule has 1 saturated carbocycles. The molecule has 2 fully saturated rings. The number of hydrogen-bond donors (Lipinski definition) is 0. The number of halogens is 1. The van der Waals surface area contributed by atoms with Crippen molar-refractivity contribution in [1.82, 2.24) is 4.31 Å². The van der Waals surface area contributed by atoms with E-state index >= 15 is 0 Å². The van der Waals surface area contributed by atoms with Gasteiger partial charge in [-0.05, 0) is 38.5 Å². The molecule has 1 saturated heterocycles. The lowest BCUT2D eigenvalue weighted by Crippen LogP contribution is -2.43. The summed E-state index contributed by atoms with van der Waals surface area (Å²) in [6.45, 7) is 3.34. The third-order valence-corrected chi connectivity index (χ3v) is 6.99. The highest BCUT2D eigenvalue weighted by molar-refractivity contribution is 7.89. The summed E-state index contributed by atoms with van der Waals surface area (Å²) in [5, 5.41) is 0.0545. The molecule has 3 nitrogen and oxygen atoms in total. The number of piperidine rings is 1. The smallest absolute Gasteiger partial charge is 0.212 e. The van der Waals surface area contributed by atoms with E-state index in [1.54, 1.807) is 4.31 Å². The Balaban J connectivity index is 1.95. The number of hydrogen-bond acceptors (Lipinski definition) is 2. The highest BCUT2D eigenvalue weighted by Crippen LogP contribution is 2.31. The maximum Gasteiger partial charge on any atom is 0.216 e. The molecule has 0 bridgehead atoms. The average molecular weight is 280 g/mol. The average Bonchev–Trinajstić information content (AvgIpc) is 2.83. The molecule has 0 amide bonds. The van der Waals surface area contributed by atoms with E-state index in [0.29, 0.717) is 19.0 Å². The van der Waals surface area contributed by atoms with Gasteiger partial charge in [0.1, 0.15) is 0 Å². The van der Waals surface area contributed by atoms with Gasteiger partial charge in [0.05, 0.1) is 5.25 Å². The van der Waals surface area contributed by atoms with Gasteiger partial charge in [-0.2, -0.15) is 0 Å². The van der Waals surface area contributed by atoms with Gasteiger partial charge >= 0.3 is 0 Å². The molecule has 1 heterocycles. The molecule has 17 heavy (non-hydrogen) atoms. The van der Waals surface area contributed by atoms with Gasteiger partial charge in [-0.1, -0.05) is 12.8 Å². The molecule has 0 aromatic rings. The second-order valence-electron chi connectivity index (χ2n) is 5.37. The van der Waals surface area contributed by atoms with Crippen LogP contribution < -0.4 is 0 Å². The molecule has 100 valence electrons. The molecule has 2 rings (SSSR count). The minimum Gasteiger partial charge on any atom is -0.212 e. The summed E-state index contributed by atoms with van der Waals surface area (Å²) in [5.74, 6) is 0.478. The Morgan fingerprint density at radius 2 is 1.65 bits per heavy atom. The van der Waals surface area contributed by atoms with Crippen LogP contribution in [0, 0.1) is 5.92 Å². The Morgan fingerprint density at radius 3 is 2.12 bits per heavy atom. The van der Waals surface area contributed by atoms with E-state index in [0.717, 1.165) is 38.5 Å². The highest BCUT2D eigenvalue weighted by atomic mass is 35.5. The van der Waals surface area contributed by atoms with E-state index in [1.807, 2.05) is 6.92 Å². The highest BCUT2D eigenvalue weighted by Gasteiger charge is 2.36. The van der Waals surface area contributed by atoms with Crippen LogP contribution >= 0.6 is 11.6 Å². The van der Waals surface area contributed by atoms with Crippen LogP contribution in [0.15, 0.2) is 0 Å². The van der Waals surface area contributed by atoms with Crippen molar-refractivity contribution in [3.63, 3.8) is 0 Å². The van der Waals surface area contributed by atoms with Crippen LogP contribution in [0.3, 0.4) is 0 Å². The fourth-order valence-corrected chi connectivity index (χ4v) is 5.31. The van der Waals surface area contributed by atoms with Gasteiger partial charge in [-0.25, -0.2) is 12.7 Å². The Kier molecular flexibility index (Phi) is 4.37. The molecule has 5 heteroatoms. The molecular weight excluding hydrogens is 258 g/mol. The molecular formula is C12H22ClNO2S. The van der Waals surface area contributed by atoms with Crippen molar-refractivity contribution < 1.29 is 8.42 Å². The maximum atomic E-state index is 12.4. The maximum absolute atomic E-state index is 12.4. The van der Waals surface area contributed by atoms with Crippen molar-refractivity contribution in [3.8, 4) is 0 Å². The first-order valence-corrected chi connectivity index (χ1v) is 8.59. The van der Waals surface area contributed by atoms with Gasteiger partial charge in [0.2, 0.25) is 10.0 Å². The summed E-state index contributed by atoms with van der Waals surface area (Å²) in [5.41, 5.74) is 0.